The minimum Gasteiger partial charge on any atom is -0.481 e. The van der Waals surface area contributed by atoms with Crippen molar-refractivity contribution in [3.63, 3.8) is 0 Å². The highest BCUT2D eigenvalue weighted by atomic mass is 16.4. The van der Waals surface area contributed by atoms with Crippen LogP contribution in [0.15, 0.2) is 24.3 Å². The maximum atomic E-state index is 10.9. The minimum absolute atomic E-state index is 0.136. The van der Waals surface area contributed by atoms with E-state index in [1.54, 1.807) is 0 Å². The molecule has 0 bridgehead atoms. The van der Waals surface area contributed by atoms with Gasteiger partial charge in [0.25, 0.3) is 0 Å². The molecular formula is C12H17NO2. The topological polar surface area (TPSA) is 63.3 Å². The number of carboxylic acids is 1. The first-order valence-electron chi connectivity index (χ1n) is 5.09. The highest BCUT2D eigenvalue weighted by Crippen LogP contribution is 2.21. The van der Waals surface area contributed by atoms with E-state index in [1.165, 1.54) is 0 Å². The molecule has 0 aliphatic rings. The van der Waals surface area contributed by atoms with Crippen LogP contribution in [-0.4, -0.2) is 17.6 Å². The first kappa shape index (κ1) is 11.7. The largest absolute Gasteiger partial charge is 0.481 e. The van der Waals surface area contributed by atoms with Crippen LogP contribution >= 0.6 is 0 Å². The van der Waals surface area contributed by atoms with Crippen LogP contribution in [0.2, 0.25) is 0 Å². The molecule has 0 heterocycles. The summed E-state index contributed by atoms with van der Waals surface area (Å²) in [5.41, 5.74) is 7.38. The van der Waals surface area contributed by atoms with Crippen molar-refractivity contribution in [2.45, 2.75) is 25.7 Å². The van der Waals surface area contributed by atoms with E-state index in [0.717, 1.165) is 11.1 Å². The lowest BCUT2D eigenvalue weighted by atomic mass is 9.94. The van der Waals surface area contributed by atoms with Gasteiger partial charge in [-0.25, -0.2) is 0 Å². The van der Waals surface area contributed by atoms with Gasteiger partial charge in [0.05, 0.1) is 5.92 Å². The van der Waals surface area contributed by atoms with Gasteiger partial charge in [0.2, 0.25) is 0 Å². The summed E-state index contributed by atoms with van der Waals surface area (Å²) in [4.78, 5) is 10.9. The van der Waals surface area contributed by atoms with E-state index in [-0.39, 0.29) is 6.54 Å². The summed E-state index contributed by atoms with van der Waals surface area (Å²) in [5, 5.41) is 8.98. The second kappa shape index (κ2) is 4.94. The fourth-order valence-electron chi connectivity index (χ4n) is 1.51. The molecule has 3 nitrogen and oxygen atoms in total. The first-order valence-corrected chi connectivity index (χ1v) is 5.09. The molecule has 1 unspecified atom stereocenters. The lowest BCUT2D eigenvalue weighted by Crippen LogP contribution is -2.21. The normalized spacial score (nSPS) is 12.8. The van der Waals surface area contributed by atoms with E-state index < -0.39 is 11.9 Å². The van der Waals surface area contributed by atoms with Crippen LogP contribution < -0.4 is 5.73 Å². The summed E-state index contributed by atoms with van der Waals surface area (Å²) in [6, 6.07) is 7.63. The quantitative estimate of drug-likeness (QED) is 0.793. The average molecular weight is 207 g/mol. The highest BCUT2D eigenvalue weighted by Gasteiger charge is 2.18. The number of carboxylic acid groups (broad SMARTS) is 1. The Morgan fingerprint density at radius 1 is 1.40 bits per heavy atom. The molecule has 1 aromatic rings. The number of benzene rings is 1. The third-order valence-corrected chi connectivity index (χ3v) is 2.51. The van der Waals surface area contributed by atoms with E-state index in [4.69, 9.17) is 10.8 Å². The lowest BCUT2D eigenvalue weighted by Gasteiger charge is -2.13. The van der Waals surface area contributed by atoms with Crippen molar-refractivity contribution >= 4 is 5.97 Å². The third-order valence-electron chi connectivity index (χ3n) is 2.51. The second-order valence-electron chi connectivity index (χ2n) is 3.95. The number of hydrogen-bond donors (Lipinski definition) is 2. The van der Waals surface area contributed by atoms with Crippen molar-refractivity contribution < 1.29 is 9.90 Å². The van der Waals surface area contributed by atoms with Crippen LogP contribution in [0.1, 0.15) is 36.8 Å². The molecule has 0 saturated heterocycles. The van der Waals surface area contributed by atoms with E-state index in [2.05, 4.69) is 13.8 Å². The number of aliphatic carboxylic acids is 1. The number of hydrogen-bond acceptors (Lipinski definition) is 2. The van der Waals surface area contributed by atoms with Gasteiger partial charge in [0.1, 0.15) is 0 Å². The molecule has 1 rings (SSSR count). The predicted molar refractivity (Wildman–Crippen MR) is 60.0 cm³/mol. The van der Waals surface area contributed by atoms with Crippen molar-refractivity contribution in [3.05, 3.63) is 35.4 Å². The summed E-state index contributed by atoms with van der Waals surface area (Å²) in [7, 11) is 0. The zero-order valence-corrected chi connectivity index (χ0v) is 9.10. The molecule has 0 aliphatic heterocycles. The van der Waals surface area contributed by atoms with Crippen molar-refractivity contribution in [3.8, 4) is 0 Å². The molecule has 0 amide bonds. The van der Waals surface area contributed by atoms with Gasteiger partial charge in [-0.05, 0) is 17.0 Å². The molecular weight excluding hydrogens is 190 g/mol. The van der Waals surface area contributed by atoms with Crippen LogP contribution in [0.5, 0.6) is 0 Å². The third kappa shape index (κ3) is 2.80. The minimum atomic E-state index is -0.863. The van der Waals surface area contributed by atoms with Gasteiger partial charge < -0.3 is 10.8 Å². The van der Waals surface area contributed by atoms with Gasteiger partial charge in [-0.1, -0.05) is 38.1 Å². The molecule has 0 radical (unpaired) electrons. The van der Waals surface area contributed by atoms with Crippen LogP contribution in [-0.2, 0) is 4.79 Å². The maximum Gasteiger partial charge on any atom is 0.312 e. The first-order chi connectivity index (χ1) is 7.06. The molecule has 82 valence electrons. The zero-order chi connectivity index (χ0) is 11.4. The summed E-state index contributed by atoms with van der Waals surface area (Å²) >= 11 is 0. The Bertz CT molecular complexity index is 347. The summed E-state index contributed by atoms with van der Waals surface area (Å²) in [5.74, 6) is -1.06. The fourth-order valence-corrected chi connectivity index (χ4v) is 1.51. The molecule has 0 fully saturated rings. The highest BCUT2D eigenvalue weighted by molar-refractivity contribution is 5.76. The van der Waals surface area contributed by atoms with Crippen LogP contribution in [0.4, 0.5) is 0 Å². The molecule has 3 N–H and O–H groups in total. The zero-order valence-electron chi connectivity index (χ0n) is 9.10. The monoisotopic (exact) mass is 207 g/mol. The van der Waals surface area contributed by atoms with Crippen LogP contribution in [0, 0.1) is 0 Å². The molecule has 0 spiro atoms. The molecule has 0 aliphatic carbocycles. The SMILES string of the molecule is CC(C)c1cccc(C(CN)C(=O)O)c1. The molecule has 15 heavy (non-hydrogen) atoms. The number of rotatable bonds is 4. The predicted octanol–water partition coefficient (Wildman–Crippen LogP) is 1.94. The molecule has 1 aromatic carbocycles. The lowest BCUT2D eigenvalue weighted by molar-refractivity contribution is -0.138. The van der Waals surface area contributed by atoms with Crippen molar-refractivity contribution in [2.24, 2.45) is 5.73 Å². The Balaban J connectivity index is 3.03. The number of nitrogens with two attached hydrogens (primary N) is 1. The Morgan fingerprint density at radius 3 is 2.47 bits per heavy atom. The van der Waals surface area contributed by atoms with Crippen molar-refractivity contribution in [1.82, 2.24) is 0 Å². The fraction of sp³-hybridized carbons (Fsp3) is 0.417. The summed E-state index contributed by atoms with van der Waals surface area (Å²) in [6.07, 6.45) is 0. The van der Waals surface area contributed by atoms with Gasteiger partial charge in [-0.2, -0.15) is 0 Å². The van der Waals surface area contributed by atoms with E-state index >= 15 is 0 Å². The smallest absolute Gasteiger partial charge is 0.312 e. The second-order valence-corrected chi connectivity index (χ2v) is 3.95. The molecule has 0 aromatic heterocycles. The number of carbonyl (C=O) groups is 1. The van der Waals surface area contributed by atoms with Crippen LogP contribution in [0.3, 0.4) is 0 Å². The van der Waals surface area contributed by atoms with Gasteiger partial charge >= 0.3 is 5.97 Å². The van der Waals surface area contributed by atoms with E-state index in [1.807, 2.05) is 24.3 Å². The van der Waals surface area contributed by atoms with Crippen molar-refractivity contribution in [2.75, 3.05) is 6.54 Å². The molecule has 3 heteroatoms. The van der Waals surface area contributed by atoms with Crippen molar-refractivity contribution in [1.29, 1.82) is 0 Å². The Hall–Kier alpha value is -1.35. The van der Waals surface area contributed by atoms with Gasteiger partial charge in [0, 0.05) is 6.54 Å². The van der Waals surface area contributed by atoms with Gasteiger partial charge in [0.15, 0.2) is 0 Å². The Morgan fingerprint density at radius 2 is 2.00 bits per heavy atom. The van der Waals surface area contributed by atoms with E-state index in [0.29, 0.717) is 5.92 Å². The Labute approximate surface area is 89.9 Å². The summed E-state index contributed by atoms with van der Waals surface area (Å²) in [6.45, 7) is 4.30. The average Bonchev–Trinajstić information content (AvgIpc) is 2.18. The van der Waals surface area contributed by atoms with Gasteiger partial charge in [-0.3, -0.25) is 4.79 Å². The van der Waals surface area contributed by atoms with E-state index in [9.17, 15) is 4.79 Å². The van der Waals surface area contributed by atoms with Gasteiger partial charge in [-0.15, -0.1) is 0 Å². The maximum absolute atomic E-state index is 10.9. The molecule has 1 atom stereocenters. The Kier molecular flexibility index (Phi) is 3.86. The van der Waals surface area contributed by atoms with Crippen LogP contribution in [0.25, 0.3) is 0 Å². The summed E-state index contributed by atoms with van der Waals surface area (Å²) < 4.78 is 0. The molecule has 0 saturated carbocycles. The standard InChI is InChI=1S/C12H17NO2/c1-8(2)9-4-3-5-10(6-9)11(7-13)12(14)15/h3-6,8,11H,7,13H2,1-2H3,(H,14,15).